The molecule has 6 heteroatoms. The van der Waals surface area contributed by atoms with Crippen molar-refractivity contribution >= 4 is 17.1 Å². The minimum atomic E-state index is -0.523. The summed E-state index contributed by atoms with van der Waals surface area (Å²) in [6, 6.07) is 3.13. The Labute approximate surface area is 84.5 Å². The Kier molecular flexibility index (Phi) is 2.03. The fourth-order valence-corrected chi connectivity index (χ4v) is 1.32. The highest BCUT2D eigenvalue weighted by atomic mass is 16.5. The lowest BCUT2D eigenvalue weighted by Crippen LogP contribution is -2.12. The van der Waals surface area contributed by atoms with Gasteiger partial charge in [0.25, 0.3) is 0 Å². The zero-order chi connectivity index (χ0) is 11.0. The summed E-state index contributed by atoms with van der Waals surface area (Å²) in [5, 5.41) is 0. The highest BCUT2D eigenvalue weighted by molar-refractivity contribution is 5.89. The van der Waals surface area contributed by atoms with Gasteiger partial charge in [0.2, 0.25) is 0 Å². The zero-order valence-electron chi connectivity index (χ0n) is 8.27. The van der Waals surface area contributed by atoms with E-state index in [0.29, 0.717) is 11.2 Å². The molecule has 0 bridgehead atoms. The van der Waals surface area contributed by atoms with Crippen molar-refractivity contribution in [1.82, 2.24) is 14.5 Å². The highest BCUT2D eigenvalue weighted by Gasteiger charge is 2.10. The van der Waals surface area contributed by atoms with Gasteiger partial charge >= 0.3 is 11.7 Å². The first-order valence-electron chi connectivity index (χ1n) is 4.27. The number of hydrogen-bond donors (Lipinski definition) is 1. The molecule has 6 nitrogen and oxygen atoms in total. The molecule has 0 saturated heterocycles. The first kappa shape index (κ1) is 9.45. The van der Waals surface area contributed by atoms with Gasteiger partial charge in [0.15, 0.2) is 11.3 Å². The monoisotopic (exact) mass is 207 g/mol. The Bertz CT molecular complexity index is 582. The number of pyridine rings is 1. The molecule has 0 aliphatic carbocycles. The first-order chi connectivity index (χ1) is 7.13. The molecule has 2 heterocycles. The van der Waals surface area contributed by atoms with E-state index in [1.54, 1.807) is 13.1 Å². The van der Waals surface area contributed by atoms with Crippen LogP contribution in [0.15, 0.2) is 16.9 Å². The van der Waals surface area contributed by atoms with Crippen LogP contribution in [0, 0.1) is 0 Å². The van der Waals surface area contributed by atoms with E-state index in [-0.39, 0.29) is 11.4 Å². The van der Waals surface area contributed by atoms with Crippen LogP contribution in [0.4, 0.5) is 0 Å². The topological polar surface area (TPSA) is 77.0 Å². The van der Waals surface area contributed by atoms with Crippen molar-refractivity contribution in [3.8, 4) is 0 Å². The molecule has 0 aromatic carbocycles. The molecule has 0 radical (unpaired) electrons. The molecule has 0 aliphatic heterocycles. The number of rotatable bonds is 1. The smallest absolute Gasteiger partial charge is 0.356 e. The summed E-state index contributed by atoms with van der Waals surface area (Å²) in [6.45, 7) is 0. The summed E-state index contributed by atoms with van der Waals surface area (Å²) in [5.74, 6) is -0.523. The van der Waals surface area contributed by atoms with Crippen LogP contribution in [0.2, 0.25) is 0 Å². The normalized spacial score (nSPS) is 10.5. The fraction of sp³-hybridized carbons (Fsp3) is 0.222. The van der Waals surface area contributed by atoms with E-state index in [0.717, 1.165) is 0 Å². The van der Waals surface area contributed by atoms with E-state index in [2.05, 4.69) is 14.7 Å². The van der Waals surface area contributed by atoms with Gasteiger partial charge in [-0.15, -0.1) is 0 Å². The van der Waals surface area contributed by atoms with Gasteiger partial charge in [-0.05, 0) is 12.1 Å². The van der Waals surface area contributed by atoms with Gasteiger partial charge in [-0.2, -0.15) is 0 Å². The van der Waals surface area contributed by atoms with Crippen molar-refractivity contribution in [2.45, 2.75) is 0 Å². The number of nitrogens with zero attached hydrogens (tertiary/aromatic N) is 2. The number of nitrogens with one attached hydrogen (secondary N) is 1. The van der Waals surface area contributed by atoms with Crippen LogP contribution in [0.1, 0.15) is 10.5 Å². The molecule has 0 atom stereocenters. The number of H-pyrrole nitrogens is 1. The average molecular weight is 207 g/mol. The van der Waals surface area contributed by atoms with E-state index >= 15 is 0 Å². The lowest BCUT2D eigenvalue weighted by molar-refractivity contribution is 0.0594. The lowest BCUT2D eigenvalue weighted by Gasteiger charge is -1.98. The second-order valence-electron chi connectivity index (χ2n) is 3.05. The maximum Gasteiger partial charge on any atom is 0.356 e. The number of aromatic nitrogens is 3. The fourth-order valence-electron chi connectivity index (χ4n) is 1.32. The summed E-state index contributed by atoms with van der Waals surface area (Å²) >= 11 is 0. The van der Waals surface area contributed by atoms with Crippen LogP contribution in [0.5, 0.6) is 0 Å². The standard InChI is InChI=1S/C9H9N3O3/c1-12-7-5(11-9(12)14)3-4-6(10-7)8(13)15-2/h3-4H,1-2H3,(H,11,14). The molecule has 0 fully saturated rings. The average Bonchev–Trinajstić information content (AvgIpc) is 2.54. The highest BCUT2D eigenvalue weighted by Crippen LogP contribution is 2.07. The third kappa shape index (κ3) is 1.39. The quantitative estimate of drug-likeness (QED) is 0.670. The van der Waals surface area contributed by atoms with E-state index < -0.39 is 5.97 Å². The van der Waals surface area contributed by atoms with Crippen molar-refractivity contribution in [3.63, 3.8) is 0 Å². The van der Waals surface area contributed by atoms with Gasteiger partial charge in [0, 0.05) is 7.05 Å². The van der Waals surface area contributed by atoms with E-state index in [1.165, 1.54) is 17.7 Å². The number of imidazole rings is 1. The summed E-state index contributed by atoms with van der Waals surface area (Å²) in [7, 11) is 2.86. The Hall–Kier alpha value is -2.11. The summed E-state index contributed by atoms with van der Waals surface area (Å²) in [4.78, 5) is 29.1. The van der Waals surface area contributed by atoms with Crippen LogP contribution < -0.4 is 5.69 Å². The molecule has 2 aromatic rings. The maximum absolute atomic E-state index is 11.2. The lowest BCUT2D eigenvalue weighted by atomic mass is 10.3. The van der Waals surface area contributed by atoms with Crippen molar-refractivity contribution in [1.29, 1.82) is 0 Å². The summed E-state index contributed by atoms with van der Waals surface area (Å²) in [6.07, 6.45) is 0. The largest absolute Gasteiger partial charge is 0.464 e. The Morgan fingerprint density at radius 1 is 1.53 bits per heavy atom. The number of aromatic amines is 1. The minimum Gasteiger partial charge on any atom is -0.464 e. The number of esters is 1. The summed E-state index contributed by atoms with van der Waals surface area (Å²) in [5.41, 5.74) is 0.942. The molecule has 0 aliphatic rings. The number of carbonyl (C=O) groups excluding carboxylic acids is 1. The second kappa shape index (κ2) is 3.23. The molecule has 0 saturated carbocycles. The minimum absolute atomic E-state index is 0.180. The third-order valence-corrected chi connectivity index (χ3v) is 2.13. The molecule has 1 N–H and O–H groups in total. The molecule has 2 rings (SSSR count). The number of methoxy groups -OCH3 is 1. The molecule has 0 spiro atoms. The van der Waals surface area contributed by atoms with Gasteiger partial charge < -0.3 is 9.72 Å². The first-order valence-corrected chi connectivity index (χ1v) is 4.27. The predicted molar refractivity (Wildman–Crippen MR) is 52.7 cm³/mol. The molecule has 0 unspecified atom stereocenters. The van der Waals surface area contributed by atoms with Gasteiger partial charge in [0.05, 0.1) is 12.6 Å². The van der Waals surface area contributed by atoms with Crippen LogP contribution in [-0.4, -0.2) is 27.6 Å². The van der Waals surface area contributed by atoms with Crippen LogP contribution in [0.25, 0.3) is 11.2 Å². The molecule has 0 amide bonds. The number of aryl methyl sites for hydroxylation is 1. The Balaban J connectivity index is 2.69. The van der Waals surface area contributed by atoms with Crippen molar-refractivity contribution in [2.24, 2.45) is 7.05 Å². The molecular formula is C9H9N3O3. The van der Waals surface area contributed by atoms with E-state index in [1.807, 2.05) is 0 Å². The number of carbonyl (C=O) groups is 1. The van der Waals surface area contributed by atoms with Gasteiger partial charge in [-0.3, -0.25) is 4.57 Å². The molecular weight excluding hydrogens is 198 g/mol. The number of ether oxygens (including phenoxy) is 1. The molecule has 78 valence electrons. The van der Waals surface area contributed by atoms with Gasteiger partial charge in [-0.25, -0.2) is 14.6 Å². The third-order valence-electron chi connectivity index (χ3n) is 2.13. The maximum atomic E-state index is 11.2. The van der Waals surface area contributed by atoms with Gasteiger partial charge in [-0.1, -0.05) is 0 Å². The van der Waals surface area contributed by atoms with Crippen LogP contribution in [-0.2, 0) is 11.8 Å². The Morgan fingerprint density at radius 2 is 2.27 bits per heavy atom. The van der Waals surface area contributed by atoms with Crippen LogP contribution >= 0.6 is 0 Å². The van der Waals surface area contributed by atoms with Crippen molar-refractivity contribution in [3.05, 3.63) is 28.3 Å². The molecule has 15 heavy (non-hydrogen) atoms. The second-order valence-corrected chi connectivity index (χ2v) is 3.05. The predicted octanol–water partition coefficient (Wildman–Crippen LogP) is 0.0482. The van der Waals surface area contributed by atoms with E-state index in [9.17, 15) is 9.59 Å². The van der Waals surface area contributed by atoms with E-state index in [4.69, 9.17) is 0 Å². The summed E-state index contributed by atoms with van der Waals surface area (Å²) < 4.78 is 5.87. The number of hydrogen-bond acceptors (Lipinski definition) is 4. The van der Waals surface area contributed by atoms with Gasteiger partial charge in [0.1, 0.15) is 0 Å². The van der Waals surface area contributed by atoms with Crippen molar-refractivity contribution in [2.75, 3.05) is 7.11 Å². The zero-order valence-corrected chi connectivity index (χ0v) is 8.27. The van der Waals surface area contributed by atoms with Crippen molar-refractivity contribution < 1.29 is 9.53 Å². The molecule has 2 aromatic heterocycles. The SMILES string of the molecule is COC(=O)c1ccc2[nH]c(=O)n(C)c2n1. The Morgan fingerprint density at radius 3 is 2.93 bits per heavy atom. The number of fused-ring (bicyclic) bond motifs is 1. The van der Waals surface area contributed by atoms with Crippen LogP contribution in [0.3, 0.4) is 0 Å².